The highest BCUT2D eigenvalue weighted by Gasteiger charge is 2.07. The fourth-order valence-electron chi connectivity index (χ4n) is 2.37. The second kappa shape index (κ2) is 10.1. The van der Waals surface area contributed by atoms with Crippen LogP contribution in [0.25, 0.3) is 0 Å². The minimum Gasteiger partial charge on any atom is -0.493 e. The van der Waals surface area contributed by atoms with Crippen LogP contribution in [0.1, 0.15) is 36.5 Å². The number of amides is 2. The lowest BCUT2D eigenvalue weighted by Crippen LogP contribution is -2.20. The van der Waals surface area contributed by atoms with Gasteiger partial charge in [-0.1, -0.05) is 18.2 Å². The molecular formula is C21H25N3O3. The third-order valence-corrected chi connectivity index (χ3v) is 3.98. The zero-order valence-electron chi connectivity index (χ0n) is 15.9. The van der Waals surface area contributed by atoms with Gasteiger partial charge in [-0.25, -0.2) is 5.43 Å². The van der Waals surface area contributed by atoms with E-state index in [-0.39, 0.29) is 24.7 Å². The molecule has 0 fully saturated rings. The van der Waals surface area contributed by atoms with Gasteiger partial charge in [0.05, 0.1) is 12.8 Å². The normalized spacial score (nSPS) is 10.6. The molecule has 2 amide bonds. The van der Waals surface area contributed by atoms with Crippen molar-refractivity contribution < 1.29 is 14.3 Å². The van der Waals surface area contributed by atoms with E-state index in [4.69, 9.17) is 4.74 Å². The summed E-state index contributed by atoms with van der Waals surface area (Å²) in [4.78, 5) is 23.8. The molecule has 6 heteroatoms. The first-order chi connectivity index (χ1) is 13.0. The minimum atomic E-state index is -0.324. The molecule has 0 radical (unpaired) electrons. The van der Waals surface area contributed by atoms with E-state index >= 15 is 0 Å². The smallest absolute Gasteiger partial charge is 0.240 e. The molecular weight excluding hydrogens is 342 g/mol. The Labute approximate surface area is 159 Å². The van der Waals surface area contributed by atoms with Crippen molar-refractivity contribution in [2.24, 2.45) is 5.10 Å². The number of ether oxygens (including phenoxy) is 1. The molecule has 0 spiro atoms. The fraction of sp³-hybridized carbons (Fsp3) is 0.286. The predicted molar refractivity (Wildman–Crippen MR) is 107 cm³/mol. The fourth-order valence-corrected chi connectivity index (χ4v) is 2.37. The zero-order chi connectivity index (χ0) is 19.6. The highest BCUT2D eigenvalue weighted by atomic mass is 16.5. The van der Waals surface area contributed by atoms with Crippen molar-refractivity contribution >= 4 is 23.7 Å². The van der Waals surface area contributed by atoms with Crippen LogP contribution >= 0.6 is 0 Å². The van der Waals surface area contributed by atoms with Gasteiger partial charge in [0.15, 0.2) is 0 Å². The Kier molecular flexibility index (Phi) is 7.55. The summed E-state index contributed by atoms with van der Waals surface area (Å²) in [6.07, 6.45) is 1.67. The summed E-state index contributed by atoms with van der Waals surface area (Å²) in [5.74, 6) is 0.167. The Bertz CT molecular complexity index is 831. The van der Waals surface area contributed by atoms with Crippen molar-refractivity contribution in [3.63, 3.8) is 0 Å². The minimum absolute atomic E-state index is 0.0567. The first kappa shape index (κ1) is 20.2. The van der Waals surface area contributed by atoms with Gasteiger partial charge in [-0.15, -0.1) is 0 Å². The second-order valence-corrected chi connectivity index (χ2v) is 6.11. The quantitative estimate of drug-likeness (QED) is 0.553. The van der Waals surface area contributed by atoms with E-state index < -0.39 is 0 Å². The topological polar surface area (TPSA) is 79.8 Å². The third kappa shape index (κ3) is 6.58. The molecule has 6 nitrogen and oxygen atoms in total. The van der Waals surface area contributed by atoms with Crippen LogP contribution in [0.5, 0.6) is 5.75 Å². The third-order valence-electron chi connectivity index (χ3n) is 3.98. The van der Waals surface area contributed by atoms with Crippen LogP contribution in [-0.2, 0) is 9.59 Å². The van der Waals surface area contributed by atoms with E-state index in [0.717, 1.165) is 22.4 Å². The van der Waals surface area contributed by atoms with Gasteiger partial charge in [0.2, 0.25) is 11.8 Å². The highest BCUT2D eigenvalue weighted by molar-refractivity contribution is 5.93. The molecule has 0 aromatic heterocycles. The van der Waals surface area contributed by atoms with Crippen LogP contribution in [0.15, 0.2) is 47.6 Å². The number of hydrazone groups is 1. The van der Waals surface area contributed by atoms with E-state index in [1.54, 1.807) is 0 Å². The average Bonchev–Trinajstić information content (AvgIpc) is 2.65. The van der Waals surface area contributed by atoms with Crippen molar-refractivity contribution in [3.8, 4) is 5.75 Å². The van der Waals surface area contributed by atoms with Crippen LogP contribution in [0.2, 0.25) is 0 Å². The molecule has 0 atom stereocenters. The number of benzene rings is 2. The number of rotatable bonds is 8. The molecule has 2 aromatic carbocycles. The summed E-state index contributed by atoms with van der Waals surface area (Å²) in [7, 11) is 0. The van der Waals surface area contributed by atoms with Crippen LogP contribution < -0.4 is 15.5 Å². The number of nitrogens with one attached hydrogen (secondary N) is 2. The molecule has 0 saturated heterocycles. The molecule has 2 aromatic rings. The number of nitrogens with zero attached hydrogens (tertiary/aromatic N) is 1. The van der Waals surface area contributed by atoms with Crippen LogP contribution in [-0.4, -0.2) is 24.6 Å². The molecule has 0 unspecified atom stereocenters. The van der Waals surface area contributed by atoms with Crippen molar-refractivity contribution in [2.45, 2.75) is 33.6 Å². The Morgan fingerprint density at radius 1 is 1.04 bits per heavy atom. The van der Waals surface area contributed by atoms with Gasteiger partial charge in [0.25, 0.3) is 0 Å². The number of anilines is 1. The van der Waals surface area contributed by atoms with E-state index in [2.05, 4.69) is 15.8 Å². The van der Waals surface area contributed by atoms with Crippen molar-refractivity contribution in [1.82, 2.24) is 5.43 Å². The maximum absolute atomic E-state index is 12.0. The number of para-hydroxylation sites is 1. The summed E-state index contributed by atoms with van der Waals surface area (Å²) in [5, 5.41) is 6.73. The molecule has 142 valence electrons. The van der Waals surface area contributed by atoms with Gasteiger partial charge in [-0.3, -0.25) is 9.59 Å². The van der Waals surface area contributed by atoms with Gasteiger partial charge in [-0.05, 0) is 56.2 Å². The summed E-state index contributed by atoms with van der Waals surface area (Å²) >= 11 is 0. The van der Waals surface area contributed by atoms with E-state index in [1.165, 1.54) is 6.21 Å². The molecule has 0 heterocycles. The molecule has 2 rings (SSSR count). The molecule has 0 aliphatic heterocycles. The van der Waals surface area contributed by atoms with Crippen molar-refractivity contribution in [3.05, 3.63) is 59.2 Å². The highest BCUT2D eigenvalue weighted by Crippen LogP contribution is 2.16. The van der Waals surface area contributed by atoms with Crippen LogP contribution in [0, 0.1) is 13.8 Å². The number of hydrogen-bond donors (Lipinski definition) is 2. The Hall–Kier alpha value is -3.15. The van der Waals surface area contributed by atoms with Gasteiger partial charge >= 0.3 is 0 Å². The average molecular weight is 367 g/mol. The standard InChI is InChI=1S/C21H25N3O3/c1-4-27-19-8-6-5-7-17(19)14-22-24-21(26)12-11-20(25)23-18-10-9-15(2)16(3)13-18/h5-10,13-14H,4,11-12H2,1-3H3,(H,23,25)(H,24,26). The monoisotopic (exact) mass is 367 g/mol. The maximum atomic E-state index is 12.0. The molecule has 0 bridgehead atoms. The van der Waals surface area contributed by atoms with Gasteiger partial charge in [0.1, 0.15) is 5.75 Å². The van der Waals surface area contributed by atoms with Crippen molar-refractivity contribution in [1.29, 1.82) is 0 Å². The van der Waals surface area contributed by atoms with Crippen LogP contribution in [0.3, 0.4) is 0 Å². The van der Waals surface area contributed by atoms with Gasteiger partial charge in [-0.2, -0.15) is 5.10 Å². The molecule has 27 heavy (non-hydrogen) atoms. The zero-order valence-corrected chi connectivity index (χ0v) is 15.9. The summed E-state index contributed by atoms with van der Waals surface area (Å²) in [6, 6.07) is 13.1. The lowest BCUT2D eigenvalue weighted by molar-refractivity contribution is -0.124. The second-order valence-electron chi connectivity index (χ2n) is 6.11. The first-order valence-electron chi connectivity index (χ1n) is 8.90. The molecule has 0 aliphatic rings. The summed E-state index contributed by atoms with van der Waals surface area (Å²) in [6.45, 7) is 6.45. The summed E-state index contributed by atoms with van der Waals surface area (Å²) in [5.41, 5.74) is 6.20. The van der Waals surface area contributed by atoms with Gasteiger partial charge in [0, 0.05) is 24.1 Å². The lowest BCUT2D eigenvalue weighted by Gasteiger charge is -2.07. The maximum Gasteiger partial charge on any atom is 0.240 e. The Morgan fingerprint density at radius 2 is 1.78 bits per heavy atom. The number of hydrogen-bond acceptors (Lipinski definition) is 4. The SMILES string of the molecule is CCOc1ccccc1C=NNC(=O)CCC(=O)Nc1ccc(C)c(C)c1. The Morgan fingerprint density at radius 3 is 2.52 bits per heavy atom. The van der Waals surface area contributed by atoms with Crippen LogP contribution in [0.4, 0.5) is 5.69 Å². The predicted octanol–water partition coefficient (Wildman–Crippen LogP) is 3.57. The van der Waals surface area contributed by atoms with Crippen molar-refractivity contribution in [2.75, 3.05) is 11.9 Å². The molecule has 0 saturated carbocycles. The van der Waals surface area contributed by atoms with E-state index in [9.17, 15) is 9.59 Å². The first-order valence-corrected chi connectivity index (χ1v) is 8.90. The van der Waals surface area contributed by atoms with E-state index in [0.29, 0.717) is 12.4 Å². The molecule has 0 aliphatic carbocycles. The van der Waals surface area contributed by atoms with Gasteiger partial charge < -0.3 is 10.1 Å². The number of carbonyl (C=O) groups excluding carboxylic acids is 2. The number of aryl methyl sites for hydroxylation is 2. The van der Waals surface area contributed by atoms with E-state index in [1.807, 2.05) is 63.2 Å². The largest absolute Gasteiger partial charge is 0.493 e. The Balaban J connectivity index is 1.79. The summed E-state index contributed by atoms with van der Waals surface area (Å²) < 4.78 is 5.49. The molecule has 2 N–H and O–H groups in total. The number of carbonyl (C=O) groups is 2. The lowest BCUT2D eigenvalue weighted by atomic mass is 10.1.